The SMILES string of the molecule is CCOC(=O)c1c(C#N)ccc([N+](=O)[O-])c1CC. The number of ether oxygens (including phenoxy) is 1. The molecule has 1 aromatic carbocycles. The van der Waals surface area contributed by atoms with Crippen LogP contribution >= 0.6 is 0 Å². The molecule has 0 amide bonds. The molecule has 0 saturated carbocycles. The van der Waals surface area contributed by atoms with Gasteiger partial charge in [-0.15, -0.1) is 0 Å². The van der Waals surface area contributed by atoms with E-state index in [1.165, 1.54) is 12.1 Å². The second kappa shape index (κ2) is 5.77. The van der Waals surface area contributed by atoms with Crippen LogP contribution in [0.1, 0.15) is 35.3 Å². The van der Waals surface area contributed by atoms with E-state index in [1.807, 2.05) is 6.07 Å². The van der Waals surface area contributed by atoms with Crippen LogP contribution in [0.15, 0.2) is 12.1 Å². The van der Waals surface area contributed by atoms with Crippen LogP contribution in [0.2, 0.25) is 0 Å². The van der Waals surface area contributed by atoms with Gasteiger partial charge in [0.25, 0.3) is 5.69 Å². The van der Waals surface area contributed by atoms with Crippen molar-refractivity contribution in [2.45, 2.75) is 20.3 Å². The maximum atomic E-state index is 11.8. The zero-order valence-corrected chi connectivity index (χ0v) is 10.1. The summed E-state index contributed by atoms with van der Waals surface area (Å²) in [6.07, 6.45) is 0.278. The molecule has 0 aliphatic rings. The van der Waals surface area contributed by atoms with Crippen molar-refractivity contribution in [1.29, 1.82) is 5.26 Å². The second-order valence-corrected chi connectivity index (χ2v) is 3.43. The molecule has 0 fully saturated rings. The van der Waals surface area contributed by atoms with Gasteiger partial charge in [0.05, 0.1) is 22.7 Å². The monoisotopic (exact) mass is 248 g/mol. The number of hydrogen-bond donors (Lipinski definition) is 0. The number of benzene rings is 1. The van der Waals surface area contributed by atoms with Gasteiger partial charge in [0.1, 0.15) is 6.07 Å². The molecule has 0 atom stereocenters. The summed E-state index contributed by atoms with van der Waals surface area (Å²) >= 11 is 0. The molecule has 0 bridgehead atoms. The maximum Gasteiger partial charge on any atom is 0.340 e. The molecule has 0 N–H and O–H groups in total. The summed E-state index contributed by atoms with van der Waals surface area (Å²) < 4.78 is 4.84. The predicted molar refractivity (Wildman–Crippen MR) is 63.1 cm³/mol. The molecular formula is C12H12N2O4. The largest absolute Gasteiger partial charge is 0.462 e. The van der Waals surface area contributed by atoms with Crippen molar-refractivity contribution in [2.24, 2.45) is 0 Å². The van der Waals surface area contributed by atoms with E-state index < -0.39 is 10.9 Å². The zero-order chi connectivity index (χ0) is 13.7. The molecule has 0 aliphatic heterocycles. The number of carbonyl (C=O) groups is 1. The quantitative estimate of drug-likeness (QED) is 0.462. The van der Waals surface area contributed by atoms with Crippen molar-refractivity contribution in [1.82, 2.24) is 0 Å². The Bertz CT molecular complexity index is 532. The van der Waals surface area contributed by atoms with E-state index in [2.05, 4.69) is 0 Å². The number of rotatable bonds is 4. The van der Waals surface area contributed by atoms with Gasteiger partial charge >= 0.3 is 5.97 Å². The Labute approximate surface area is 104 Å². The lowest BCUT2D eigenvalue weighted by atomic mass is 9.98. The maximum absolute atomic E-state index is 11.8. The summed E-state index contributed by atoms with van der Waals surface area (Å²) in [5.74, 6) is -0.699. The fourth-order valence-electron chi connectivity index (χ4n) is 1.70. The minimum Gasteiger partial charge on any atom is -0.462 e. The summed E-state index contributed by atoms with van der Waals surface area (Å²) in [6.45, 7) is 3.47. The van der Waals surface area contributed by atoms with Crippen LogP contribution in [0.4, 0.5) is 5.69 Å². The van der Waals surface area contributed by atoms with Gasteiger partial charge in [-0.2, -0.15) is 5.26 Å². The fourth-order valence-corrected chi connectivity index (χ4v) is 1.70. The standard InChI is InChI=1S/C12H12N2O4/c1-3-9-10(14(16)17)6-5-8(7-13)11(9)12(15)18-4-2/h5-6H,3-4H2,1-2H3. The molecule has 18 heavy (non-hydrogen) atoms. The van der Waals surface area contributed by atoms with Gasteiger partial charge in [0, 0.05) is 11.6 Å². The average molecular weight is 248 g/mol. The molecule has 0 radical (unpaired) electrons. The van der Waals surface area contributed by atoms with Crippen molar-refractivity contribution in [2.75, 3.05) is 6.61 Å². The molecule has 0 heterocycles. The van der Waals surface area contributed by atoms with Crippen molar-refractivity contribution in [3.63, 3.8) is 0 Å². The molecule has 0 saturated heterocycles. The van der Waals surface area contributed by atoms with Crippen LogP contribution in [-0.4, -0.2) is 17.5 Å². The van der Waals surface area contributed by atoms with E-state index in [4.69, 9.17) is 10.00 Å². The van der Waals surface area contributed by atoms with Gasteiger partial charge in [0.15, 0.2) is 0 Å². The first-order valence-corrected chi connectivity index (χ1v) is 5.44. The normalized spacial score (nSPS) is 9.61. The lowest BCUT2D eigenvalue weighted by Gasteiger charge is -2.09. The van der Waals surface area contributed by atoms with E-state index in [-0.39, 0.29) is 35.4 Å². The molecule has 1 rings (SSSR count). The highest BCUT2D eigenvalue weighted by atomic mass is 16.6. The Morgan fingerprint density at radius 2 is 2.17 bits per heavy atom. The topological polar surface area (TPSA) is 93.2 Å². The first-order valence-electron chi connectivity index (χ1n) is 5.44. The molecule has 0 unspecified atom stereocenters. The van der Waals surface area contributed by atoms with E-state index in [1.54, 1.807) is 13.8 Å². The second-order valence-electron chi connectivity index (χ2n) is 3.43. The Morgan fingerprint density at radius 1 is 1.50 bits per heavy atom. The molecular weight excluding hydrogens is 236 g/mol. The van der Waals surface area contributed by atoms with Crippen LogP contribution in [0.3, 0.4) is 0 Å². The van der Waals surface area contributed by atoms with Gasteiger partial charge in [-0.1, -0.05) is 6.92 Å². The third-order valence-corrected chi connectivity index (χ3v) is 2.44. The third-order valence-electron chi connectivity index (χ3n) is 2.44. The van der Waals surface area contributed by atoms with Gasteiger partial charge in [-0.05, 0) is 19.4 Å². The van der Waals surface area contributed by atoms with Crippen LogP contribution in [0.5, 0.6) is 0 Å². The molecule has 6 nitrogen and oxygen atoms in total. The van der Waals surface area contributed by atoms with Crippen molar-refractivity contribution < 1.29 is 14.5 Å². The smallest absolute Gasteiger partial charge is 0.340 e. The Kier molecular flexibility index (Phi) is 4.38. The van der Waals surface area contributed by atoms with E-state index >= 15 is 0 Å². The zero-order valence-electron chi connectivity index (χ0n) is 10.1. The minimum absolute atomic E-state index is 0.00366. The van der Waals surface area contributed by atoms with Gasteiger partial charge < -0.3 is 4.74 Å². The van der Waals surface area contributed by atoms with Crippen molar-refractivity contribution in [3.05, 3.63) is 38.9 Å². The minimum atomic E-state index is -0.699. The molecule has 0 aliphatic carbocycles. The predicted octanol–water partition coefficient (Wildman–Crippen LogP) is 2.21. The molecule has 1 aromatic rings. The van der Waals surface area contributed by atoms with Crippen LogP contribution in [-0.2, 0) is 11.2 Å². The van der Waals surface area contributed by atoms with Crippen LogP contribution in [0.25, 0.3) is 0 Å². The van der Waals surface area contributed by atoms with E-state index in [9.17, 15) is 14.9 Å². The Morgan fingerprint density at radius 3 is 2.61 bits per heavy atom. The summed E-state index contributed by atoms with van der Waals surface area (Å²) in [4.78, 5) is 22.1. The highest BCUT2D eigenvalue weighted by molar-refractivity contribution is 5.95. The first-order chi connectivity index (χ1) is 8.56. The van der Waals surface area contributed by atoms with E-state index in [0.29, 0.717) is 0 Å². The van der Waals surface area contributed by atoms with Gasteiger partial charge in [-0.25, -0.2) is 4.79 Å². The number of nitro benzene ring substituents is 1. The number of esters is 1. The average Bonchev–Trinajstić information content (AvgIpc) is 2.36. The lowest BCUT2D eigenvalue weighted by Crippen LogP contribution is -2.12. The summed E-state index contributed by atoms with van der Waals surface area (Å²) in [5, 5.41) is 19.8. The third kappa shape index (κ3) is 2.46. The molecule has 0 aromatic heterocycles. The van der Waals surface area contributed by atoms with E-state index in [0.717, 1.165) is 0 Å². The number of carbonyl (C=O) groups excluding carboxylic acids is 1. The van der Waals surface area contributed by atoms with Crippen molar-refractivity contribution >= 4 is 11.7 Å². The van der Waals surface area contributed by atoms with Gasteiger partial charge in [-0.3, -0.25) is 10.1 Å². The number of hydrogen-bond acceptors (Lipinski definition) is 5. The van der Waals surface area contributed by atoms with Crippen molar-refractivity contribution in [3.8, 4) is 6.07 Å². The highest BCUT2D eigenvalue weighted by Crippen LogP contribution is 2.26. The van der Waals surface area contributed by atoms with Gasteiger partial charge in [0.2, 0.25) is 0 Å². The number of nitrogens with zero attached hydrogens (tertiary/aromatic N) is 2. The Balaban J connectivity index is 3.52. The lowest BCUT2D eigenvalue weighted by molar-refractivity contribution is -0.385. The van der Waals surface area contributed by atoms with Crippen LogP contribution in [0, 0.1) is 21.4 Å². The fraction of sp³-hybridized carbons (Fsp3) is 0.333. The summed E-state index contributed by atoms with van der Waals surface area (Å²) in [5.41, 5.74) is 0.156. The number of nitriles is 1. The summed E-state index contributed by atoms with van der Waals surface area (Å²) in [7, 11) is 0. The molecule has 6 heteroatoms. The highest BCUT2D eigenvalue weighted by Gasteiger charge is 2.24. The molecule has 94 valence electrons. The number of nitro groups is 1. The summed E-state index contributed by atoms with van der Waals surface area (Å²) in [6, 6.07) is 4.36. The van der Waals surface area contributed by atoms with Crippen LogP contribution < -0.4 is 0 Å². The molecule has 0 spiro atoms. The first kappa shape index (κ1) is 13.6. The Hall–Kier alpha value is -2.42.